The molecular formula is C9H14O4. The van der Waals surface area contributed by atoms with Crippen LogP contribution < -0.4 is 0 Å². The number of carbonyl (C=O) groups excluding carboxylic acids is 3. The molecule has 0 aliphatic rings. The summed E-state index contributed by atoms with van der Waals surface area (Å²) in [7, 11) is 0. The maximum absolute atomic E-state index is 10.8. The van der Waals surface area contributed by atoms with Gasteiger partial charge in [-0.25, -0.2) is 0 Å². The first-order valence-corrected chi connectivity index (χ1v) is 4.25. The van der Waals surface area contributed by atoms with Crippen molar-refractivity contribution in [3.05, 3.63) is 0 Å². The van der Waals surface area contributed by atoms with Crippen molar-refractivity contribution in [3.8, 4) is 0 Å². The van der Waals surface area contributed by atoms with Crippen LogP contribution in [-0.2, 0) is 19.1 Å². The number of ether oxygens (including phenoxy) is 1. The Balaban J connectivity index is 3.20. The van der Waals surface area contributed by atoms with Gasteiger partial charge in [0.2, 0.25) is 0 Å². The number of unbranched alkanes of at least 4 members (excludes halogenated alkanes) is 1. The topological polar surface area (TPSA) is 60.4 Å². The molecule has 74 valence electrons. The van der Waals surface area contributed by atoms with Crippen LogP contribution in [-0.4, -0.2) is 24.6 Å². The van der Waals surface area contributed by atoms with Gasteiger partial charge in [0.1, 0.15) is 12.1 Å². The van der Waals surface area contributed by atoms with E-state index in [-0.39, 0.29) is 18.2 Å². The zero-order valence-corrected chi connectivity index (χ0v) is 7.75. The second-order valence-corrected chi connectivity index (χ2v) is 2.71. The lowest BCUT2D eigenvalue weighted by Crippen LogP contribution is -2.02. The molecule has 0 fully saturated rings. The molecule has 0 saturated heterocycles. The van der Waals surface area contributed by atoms with E-state index in [1.54, 1.807) is 0 Å². The summed E-state index contributed by atoms with van der Waals surface area (Å²) < 4.78 is 4.66. The number of Topliss-reactive ketones (excluding diaryl/α,β-unsaturated/α-hetero) is 1. The lowest BCUT2D eigenvalue weighted by atomic mass is 10.1. The highest BCUT2D eigenvalue weighted by Crippen LogP contribution is 1.98. The van der Waals surface area contributed by atoms with E-state index in [1.807, 2.05) is 0 Å². The summed E-state index contributed by atoms with van der Waals surface area (Å²) >= 11 is 0. The fourth-order valence-corrected chi connectivity index (χ4v) is 0.835. The molecular weight excluding hydrogens is 172 g/mol. The zero-order chi connectivity index (χ0) is 10.1. The number of ketones is 1. The van der Waals surface area contributed by atoms with Crippen LogP contribution in [0.25, 0.3) is 0 Å². The predicted octanol–water partition coefficient (Wildman–Crippen LogP) is 0.878. The summed E-state index contributed by atoms with van der Waals surface area (Å²) in [5, 5.41) is 0. The Labute approximate surface area is 77.3 Å². The van der Waals surface area contributed by atoms with Gasteiger partial charge in [-0.3, -0.25) is 9.59 Å². The largest absolute Gasteiger partial charge is 0.466 e. The van der Waals surface area contributed by atoms with Gasteiger partial charge in [0.25, 0.3) is 0 Å². The zero-order valence-electron chi connectivity index (χ0n) is 7.75. The molecule has 4 heteroatoms. The summed E-state index contributed by atoms with van der Waals surface area (Å²) in [6.45, 7) is 1.70. The lowest BCUT2D eigenvalue weighted by molar-refractivity contribution is -0.141. The van der Waals surface area contributed by atoms with E-state index in [0.29, 0.717) is 32.2 Å². The SMILES string of the molecule is CC(=O)OCCCCC(=O)CC=O. The predicted molar refractivity (Wildman–Crippen MR) is 46.2 cm³/mol. The van der Waals surface area contributed by atoms with Gasteiger partial charge in [-0.05, 0) is 12.8 Å². The van der Waals surface area contributed by atoms with Crippen LogP contribution in [0, 0.1) is 0 Å². The lowest BCUT2D eigenvalue weighted by Gasteiger charge is -2.00. The fourth-order valence-electron chi connectivity index (χ4n) is 0.835. The fraction of sp³-hybridized carbons (Fsp3) is 0.667. The molecule has 0 bridgehead atoms. The first-order chi connectivity index (χ1) is 6.16. The normalized spacial score (nSPS) is 9.31. The molecule has 0 amide bonds. The van der Waals surface area contributed by atoms with E-state index in [1.165, 1.54) is 6.92 Å². The number of carbonyl (C=O) groups is 3. The monoisotopic (exact) mass is 186 g/mol. The molecule has 0 rings (SSSR count). The van der Waals surface area contributed by atoms with Crippen LogP contribution in [0.3, 0.4) is 0 Å². The Morgan fingerprint density at radius 2 is 2.00 bits per heavy atom. The van der Waals surface area contributed by atoms with Crippen LogP contribution in [0.1, 0.15) is 32.6 Å². The summed E-state index contributed by atoms with van der Waals surface area (Å²) in [4.78, 5) is 31.0. The molecule has 13 heavy (non-hydrogen) atoms. The first kappa shape index (κ1) is 11.8. The van der Waals surface area contributed by atoms with Gasteiger partial charge in [0.05, 0.1) is 13.0 Å². The number of aldehydes is 1. The van der Waals surface area contributed by atoms with E-state index in [4.69, 9.17) is 0 Å². The second-order valence-electron chi connectivity index (χ2n) is 2.71. The van der Waals surface area contributed by atoms with Gasteiger partial charge < -0.3 is 9.53 Å². The third-order valence-electron chi connectivity index (χ3n) is 1.47. The van der Waals surface area contributed by atoms with Crippen molar-refractivity contribution in [2.45, 2.75) is 32.6 Å². The second kappa shape index (κ2) is 7.46. The highest BCUT2D eigenvalue weighted by Gasteiger charge is 2.00. The number of hydrogen-bond donors (Lipinski definition) is 0. The van der Waals surface area contributed by atoms with Crippen molar-refractivity contribution in [2.75, 3.05) is 6.61 Å². The average molecular weight is 186 g/mol. The number of hydrogen-bond acceptors (Lipinski definition) is 4. The van der Waals surface area contributed by atoms with Crippen LogP contribution in [0.2, 0.25) is 0 Å². The van der Waals surface area contributed by atoms with Gasteiger partial charge in [-0.2, -0.15) is 0 Å². The molecule has 0 aliphatic carbocycles. The van der Waals surface area contributed by atoms with Crippen LogP contribution >= 0.6 is 0 Å². The number of rotatable bonds is 7. The van der Waals surface area contributed by atoms with Crippen LogP contribution in [0.5, 0.6) is 0 Å². The molecule has 0 saturated carbocycles. The van der Waals surface area contributed by atoms with Crippen molar-refractivity contribution >= 4 is 18.0 Å². The van der Waals surface area contributed by atoms with Crippen LogP contribution in [0.4, 0.5) is 0 Å². The van der Waals surface area contributed by atoms with Crippen molar-refractivity contribution in [3.63, 3.8) is 0 Å². The molecule has 0 spiro atoms. The van der Waals surface area contributed by atoms with Crippen molar-refractivity contribution in [1.82, 2.24) is 0 Å². The standard InChI is InChI=1S/C9H14O4/c1-8(11)13-7-3-2-4-9(12)5-6-10/h6H,2-5,7H2,1H3. The summed E-state index contributed by atoms with van der Waals surface area (Å²) in [6.07, 6.45) is 2.33. The minimum absolute atomic E-state index is 0.00638. The molecule has 0 aliphatic heterocycles. The van der Waals surface area contributed by atoms with Gasteiger partial charge in [-0.15, -0.1) is 0 Å². The average Bonchev–Trinajstić information content (AvgIpc) is 2.03. The molecule has 0 aromatic rings. The molecule has 0 unspecified atom stereocenters. The summed E-state index contributed by atoms with van der Waals surface area (Å²) in [5.41, 5.74) is 0. The quantitative estimate of drug-likeness (QED) is 0.256. The Morgan fingerprint density at radius 3 is 2.54 bits per heavy atom. The summed E-state index contributed by atoms with van der Waals surface area (Å²) in [6, 6.07) is 0. The molecule has 0 aromatic carbocycles. The minimum atomic E-state index is -0.306. The Bertz CT molecular complexity index is 186. The third kappa shape index (κ3) is 8.72. The highest BCUT2D eigenvalue weighted by molar-refractivity contribution is 5.89. The molecule has 0 radical (unpaired) electrons. The van der Waals surface area contributed by atoms with Gasteiger partial charge in [-0.1, -0.05) is 0 Å². The molecule has 0 aromatic heterocycles. The summed E-state index contributed by atoms with van der Waals surface area (Å²) in [5.74, 6) is -0.364. The maximum atomic E-state index is 10.8. The van der Waals surface area contributed by atoms with Crippen molar-refractivity contribution < 1.29 is 19.1 Å². The van der Waals surface area contributed by atoms with E-state index < -0.39 is 0 Å². The number of esters is 1. The van der Waals surface area contributed by atoms with E-state index in [0.717, 1.165) is 0 Å². The third-order valence-corrected chi connectivity index (χ3v) is 1.47. The van der Waals surface area contributed by atoms with E-state index >= 15 is 0 Å². The Kier molecular flexibility index (Phi) is 6.78. The Morgan fingerprint density at radius 1 is 1.31 bits per heavy atom. The molecule has 0 heterocycles. The first-order valence-electron chi connectivity index (χ1n) is 4.25. The van der Waals surface area contributed by atoms with Gasteiger partial charge in [0, 0.05) is 13.3 Å². The highest BCUT2D eigenvalue weighted by atomic mass is 16.5. The van der Waals surface area contributed by atoms with Crippen LogP contribution in [0.15, 0.2) is 0 Å². The van der Waals surface area contributed by atoms with Gasteiger partial charge in [0.15, 0.2) is 0 Å². The smallest absolute Gasteiger partial charge is 0.302 e. The molecule has 0 atom stereocenters. The van der Waals surface area contributed by atoms with Gasteiger partial charge >= 0.3 is 5.97 Å². The van der Waals surface area contributed by atoms with E-state index in [9.17, 15) is 14.4 Å². The molecule has 0 N–H and O–H groups in total. The van der Waals surface area contributed by atoms with E-state index in [2.05, 4.69) is 4.74 Å². The molecule has 4 nitrogen and oxygen atoms in total. The minimum Gasteiger partial charge on any atom is -0.466 e. The van der Waals surface area contributed by atoms with Crippen molar-refractivity contribution in [2.24, 2.45) is 0 Å². The maximum Gasteiger partial charge on any atom is 0.302 e. The van der Waals surface area contributed by atoms with Crippen molar-refractivity contribution in [1.29, 1.82) is 0 Å². The Hall–Kier alpha value is -1.19.